The zero-order chi connectivity index (χ0) is 20.9. The summed E-state index contributed by atoms with van der Waals surface area (Å²) in [7, 11) is -2.57. The Morgan fingerprint density at radius 3 is 1.97 bits per heavy atom. The van der Waals surface area contributed by atoms with Crippen molar-refractivity contribution in [2.24, 2.45) is 5.92 Å². The van der Waals surface area contributed by atoms with Gasteiger partial charge in [-0.3, -0.25) is 0 Å². The molecule has 0 bridgehead atoms. The van der Waals surface area contributed by atoms with Crippen molar-refractivity contribution in [3.63, 3.8) is 0 Å². The van der Waals surface area contributed by atoms with Crippen LogP contribution in [-0.4, -0.2) is 26.1 Å². The van der Waals surface area contributed by atoms with E-state index in [-0.39, 0.29) is 16.7 Å². The van der Waals surface area contributed by atoms with Crippen molar-refractivity contribution in [3.05, 3.63) is 72.8 Å². The molecule has 2 aromatic carbocycles. The number of hydrogen-bond acceptors (Lipinski definition) is 2. The summed E-state index contributed by atoms with van der Waals surface area (Å²) in [6, 6.07) is 21.8. The second kappa shape index (κ2) is 7.23. The summed E-state index contributed by atoms with van der Waals surface area (Å²) in [5.41, 5.74) is 1.08. The smallest absolute Gasteiger partial charge is 0.261 e. The molecule has 1 aliphatic heterocycles. The highest BCUT2D eigenvalue weighted by Gasteiger charge is 2.64. The van der Waals surface area contributed by atoms with Crippen LogP contribution in [0.2, 0.25) is 5.04 Å². The third-order valence-corrected chi connectivity index (χ3v) is 12.1. The molecule has 1 saturated carbocycles. The lowest BCUT2D eigenvalue weighted by atomic mass is 9.78. The Bertz CT molecular complexity index is 831. The second-order valence-corrected chi connectivity index (χ2v) is 14.3. The highest BCUT2D eigenvalue weighted by Crippen LogP contribution is 2.53. The number of epoxide rings is 1. The van der Waals surface area contributed by atoms with Crippen LogP contribution in [0.15, 0.2) is 72.8 Å². The third-order valence-electron chi connectivity index (χ3n) is 7.05. The van der Waals surface area contributed by atoms with Crippen molar-refractivity contribution < 1.29 is 9.16 Å². The molecule has 1 aliphatic carbocycles. The molecule has 1 saturated heterocycles. The molecule has 2 aromatic rings. The van der Waals surface area contributed by atoms with Gasteiger partial charge in [0, 0.05) is 0 Å². The Balaban J connectivity index is 1.84. The van der Waals surface area contributed by atoms with E-state index < -0.39 is 8.32 Å². The van der Waals surface area contributed by atoms with E-state index in [1.807, 2.05) is 0 Å². The molecule has 0 radical (unpaired) electrons. The molecule has 0 N–H and O–H groups in total. The lowest BCUT2D eigenvalue weighted by Crippen LogP contribution is -2.69. The van der Waals surface area contributed by atoms with Gasteiger partial charge in [0.15, 0.2) is 0 Å². The number of benzene rings is 2. The SMILES string of the molecule is C=C(C)[C@@H]1C[C@H]2O[C@@]2(C)[C@H](O[Si](c2ccccc2)(c2ccccc2)C(C)(C)C)C1. The highest BCUT2D eigenvalue weighted by atomic mass is 28.4. The van der Waals surface area contributed by atoms with E-state index in [0.717, 1.165) is 12.8 Å². The first-order chi connectivity index (χ1) is 13.7. The molecule has 0 unspecified atom stereocenters. The number of ether oxygens (including phenoxy) is 1. The largest absolute Gasteiger partial charge is 0.401 e. The molecule has 0 aromatic heterocycles. The standard InChI is InChI=1S/C26H34O2Si/c1-19(2)20-17-23-26(6,27-23)24(18-20)28-29(25(3,4)5,21-13-9-7-10-14-21)22-15-11-8-12-16-22/h7-16,20,23-24H,1,17-18H2,2-6H3/t20-,23-,24-,26-/m1/s1. The maximum atomic E-state index is 7.43. The quantitative estimate of drug-likeness (QED) is 0.393. The second-order valence-electron chi connectivity index (χ2n) is 10.1. The van der Waals surface area contributed by atoms with E-state index in [2.05, 4.69) is 102 Å². The number of rotatable bonds is 5. The normalized spacial score (nSPS) is 29.2. The summed E-state index contributed by atoms with van der Waals surface area (Å²) in [6.07, 6.45) is 2.44. The van der Waals surface area contributed by atoms with Crippen LogP contribution in [0.25, 0.3) is 0 Å². The molecular formula is C26H34O2Si. The minimum atomic E-state index is -2.57. The van der Waals surface area contributed by atoms with Crippen molar-refractivity contribution in [2.75, 3.05) is 0 Å². The molecule has 154 valence electrons. The van der Waals surface area contributed by atoms with Gasteiger partial charge in [0.2, 0.25) is 0 Å². The van der Waals surface area contributed by atoms with Crippen molar-refractivity contribution in [1.82, 2.24) is 0 Å². The predicted molar refractivity (Wildman–Crippen MR) is 123 cm³/mol. The number of fused-ring (bicyclic) bond motifs is 1. The van der Waals surface area contributed by atoms with E-state index in [9.17, 15) is 0 Å². The van der Waals surface area contributed by atoms with Crippen LogP contribution in [0, 0.1) is 5.92 Å². The van der Waals surface area contributed by atoms with E-state index in [1.54, 1.807) is 0 Å². The van der Waals surface area contributed by atoms with Crippen molar-refractivity contribution in [3.8, 4) is 0 Å². The average molecular weight is 407 g/mol. The molecule has 4 atom stereocenters. The Labute approximate surface area is 177 Å². The van der Waals surface area contributed by atoms with Crippen LogP contribution in [0.1, 0.15) is 47.5 Å². The summed E-state index contributed by atoms with van der Waals surface area (Å²) >= 11 is 0. The molecule has 0 amide bonds. The molecule has 3 heteroatoms. The van der Waals surface area contributed by atoms with E-state index in [0.29, 0.717) is 12.0 Å². The Morgan fingerprint density at radius 2 is 1.52 bits per heavy atom. The fourth-order valence-corrected chi connectivity index (χ4v) is 9.93. The number of allylic oxidation sites excluding steroid dienone is 1. The average Bonchev–Trinajstić information content (AvgIpc) is 3.37. The van der Waals surface area contributed by atoms with Crippen LogP contribution in [-0.2, 0) is 9.16 Å². The third kappa shape index (κ3) is 3.43. The maximum absolute atomic E-state index is 7.43. The minimum absolute atomic E-state index is 0.0212. The van der Waals surface area contributed by atoms with E-state index in [1.165, 1.54) is 15.9 Å². The Hall–Kier alpha value is -1.68. The summed E-state index contributed by atoms with van der Waals surface area (Å²) in [4.78, 5) is 0. The van der Waals surface area contributed by atoms with Crippen molar-refractivity contribution >= 4 is 18.7 Å². The van der Waals surface area contributed by atoms with Gasteiger partial charge in [-0.2, -0.15) is 0 Å². The van der Waals surface area contributed by atoms with Crippen molar-refractivity contribution in [2.45, 2.75) is 70.3 Å². The zero-order valence-electron chi connectivity index (χ0n) is 18.4. The van der Waals surface area contributed by atoms with Crippen LogP contribution in [0.3, 0.4) is 0 Å². The van der Waals surface area contributed by atoms with Crippen LogP contribution >= 0.6 is 0 Å². The summed E-state index contributed by atoms with van der Waals surface area (Å²) < 4.78 is 13.7. The molecular weight excluding hydrogens is 372 g/mol. The van der Waals surface area contributed by atoms with Gasteiger partial charge in [-0.1, -0.05) is 93.6 Å². The fraction of sp³-hybridized carbons (Fsp3) is 0.462. The topological polar surface area (TPSA) is 21.8 Å². The van der Waals surface area contributed by atoms with Gasteiger partial charge in [-0.05, 0) is 48.0 Å². The molecule has 0 spiro atoms. The highest BCUT2D eigenvalue weighted by molar-refractivity contribution is 6.99. The molecule has 2 nitrogen and oxygen atoms in total. The van der Waals surface area contributed by atoms with Crippen LogP contribution < -0.4 is 10.4 Å². The van der Waals surface area contributed by atoms with Gasteiger partial charge in [0.25, 0.3) is 8.32 Å². The Kier molecular flexibility index (Phi) is 5.13. The lowest BCUT2D eigenvalue weighted by molar-refractivity contribution is 0.0770. The molecule has 29 heavy (non-hydrogen) atoms. The molecule has 1 heterocycles. The monoisotopic (exact) mass is 406 g/mol. The first-order valence-corrected chi connectivity index (χ1v) is 12.7. The van der Waals surface area contributed by atoms with Gasteiger partial charge in [0.05, 0.1) is 12.2 Å². The maximum Gasteiger partial charge on any atom is 0.261 e. The predicted octanol–water partition coefficient (Wildman–Crippen LogP) is 5.08. The molecule has 2 aliphatic rings. The first kappa shape index (κ1) is 20.6. The van der Waals surface area contributed by atoms with Gasteiger partial charge < -0.3 is 9.16 Å². The Morgan fingerprint density at radius 1 is 1.00 bits per heavy atom. The van der Waals surface area contributed by atoms with Crippen LogP contribution in [0.4, 0.5) is 0 Å². The lowest BCUT2D eigenvalue weighted by Gasteiger charge is -2.47. The fourth-order valence-electron chi connectivity index (χ4n) is 5.16. The van der Waals surface area contributed by atoms with Gasteiger partial charge in [-0.15, -0.1) is 0 Å². The number of hydrogen-bond donors (Lipinski definition) is 0. The van der Waals surface area contributed by atoms with Crippen LogP contribution in [0.5, 0.6) is 0 Å². The van der Waals surface area contributed by atoms with Gasteiger partial charge in [0.1, 0.15) is 5.60 Å². The van der Waals surface area contributed by atoms with Gasteiger partial charge >= 0.3 is 0 Å². The molecule has 2 fully saturated rings. The summed E-state index contributed by atoms with van der Waals surface area (Å²) in [5, 5.41) is 2.64. The zero-order valence-corrected chi connectivity index (χ0v) is 19.4. The summed E-state index contributed by atoms with van der Waals surface area (Å²) in [6.45, 7) is 15.7. The van der Waals surface area contributed by atoms with Gasteiger partial charge in [-0.25, -0.2) is 0 Å². The van der Waals surface area contributed by atoms with E-state index >= 15 is 0 Å². The summed E-state index contributed by atoms with van der Waals surface area (Å²) in [5.74, 6) is 0.471. The van der Waals surface area contributed by atoms with E-state index in [4.69, 9.17) is 9.16 Å². The first-order valence-electron chi connectivity index (χ1n) is 10.8. The minimum Gasteiger partial charge on any atom is -0.401 e. The molecule has 4 rings (SSSR count). The van der Waals surface area contributed by atoms with Crippen molar-refractivity contribution in [1.29, 1.82) is 0 Å².